The average Bonchev–Trinajstić information content (AvgIpc) is 3.21. The number of methoxy groups -OCH3 is 1. The summed E-state index contributed by atoms with van der Waals surface area (Å²) in [4.78, 5) is 15.3. The second kappa shape index (κ2) is 6.74. The van der Waals surface area contributed by atoms with Gasteiger partial charge in [0.15, 0.2) is 11.5 Å². The van der Waals surface area contributed by atoms with Crippen LogP contribution in [0.25, 0.3) is 0 Å². The van der Waals surface area contributed by atoms with Crippen molar-refractivity contribution in [1.29, 1.82) is 0 Å². The number of ether oxygens (including phenoxy) is 3. The molecule has 146 valence electrons. The summed E-state index contributed by atoms with van der Waals surface area (Å²) in [5.41, 5.74) is 4.17. The predicted molar refractivity (Wildman–Crippen MR) is 110 cm³/mol. The number of aryl methyl sites for hydroxylation is 1. The van der Waals surface area contributed by atoms with E-state index in [1.54, 1.807) is 12.0 Å². The molecule has 2 heterocycles. The van der Waals surface area contributed by atoms with Gasteiger partial charge in [0.25, 0.3) is 5.91 Å². The normalized spacial score (nSPS) is 17.0. The second-order valence-corrected chi connectivity index (χ2v) is 7.06. The van der Waals surface area contributed by atoms with E-state index in [0.29, 0.717) is 22.8 Å². The molecule has 0 saturated heterocycles. The molecule has 1 N–H and O–H groups in total. The molecule has 0 fully saturated rings. The van der Waals surface area contributed by atoms with Gasteiger partial charge in [-0.15, -0.1) is 0 Å². The van der Waals surface area contributed by atoms with Gasteiger partial charge in [-0.05, 0) is 48.9 Å². The van der Waals surface area contributed by atoms with Crippen molar-refractivity contribution in [1.82, 2.24) is 0 Å². The summed E-state index contributed by atoms with van der Waals surface area (Å²) in [6.45, 7) is 2.16. The fourth-order valence-electron chi connectivity index (χ4n) is 3.84. The molecular weight excluding hydrogens is 368 g/mol. The molecule has 2 aliphatic rings. The Kier molecular flexibility index (Phi) is 4.05. The van der Waals surface area contributed by atoms with E-state index in [0.717, 1.165) is 22.5 Å². The third-order valence-electron chi connectivity index (χ3n) is 5.20. The lowest BCUT2D eigenvalue weighted by atomic mass is 10.0. The Balaban J connectivity index is 1.68. The molecule has 3 aromatic rings. The number of nitrogens with one attached hydrogen (secondary N) is 1. The highest BCUT2D eigenvalue weighted by atomic mass is 16.7. The van der Waals surface area contributed by atoms with Crippen LogP contribution in [-0.4, -0.2) is 19.8 Å². The van der Waals surface area contributed by atoms with Gasteiger partial charge >= 0.3 is 0 Å². The van der Waals surface area contributed by atoms with Crippen LogP contribution in [-0.2, 0) is 0 Å². The molecule has 5 rings (SSSR count). The summed E-state index contributed by atoms with van der Waals surface area (Å²) in [7, 11) is 1.59. The van der Waals surface area contributed by atoms with Crippen LogP contribution < -0.4 is 24.4 Å². The summed E-state index contributed by atoms with van der Waals surface area (Å²) in [5.74, 6) is 1.71. The minimum atomic E-state index is -0.428. The van der Waals surface area contributed by atoms with Gasteiger partial charge in [-0.2, -0.15) is 0 Å². The Bertz CT molecular complexity index is 1110. The lowest BCUT2D eigenvalue weighted by molar-refractivity contribution is 0.0974. The van der Waals surface area contributed by atoms with E-state index < -0.39 is 6.17 Å². The van der Waals surface area contributed by atoms with Crippen molar-refractivity contribution >= 4 is 17.3 Å². The maximum absolute atomic E-state index is 13.5. The van der Waals surface area contributed by atoms with Gasteiger partial charge in [-0.3, -0.25) is 9.69 Å². The van der Waals surface area contributed by atoms with Crippen molar-refractivity contribution in [2.45, 2.75) is 13.1 Å². The fraction of sp³-hybridized carbons (Fsp3) is 0.174. The average molecular weight is 388 g/mol. The molecule has 0 aliphatic carbocycles. The first kappa shape index (κ1) is 17.4. The number of nitrogens with zero attached hydrogens (tertiary/aromatic N) is 1. The largest absolute Gasteiger partial charge is 0.493 e. The van der Waals surface area contributed by atoms with Crippen molar-refractivity contribution in [3.05, 3.63) is 77.4 Å². The fourth-order valence-corrected chi connectivity index (χ4v) is 3.84. The number of benzene rings is 3. The van der Waals surface area contributed by atoms with Crippen LogP contribution in [0.3, 0.4) is 0 Å². The van der Waals surface area contributed by atoms with E-state index in [4.69, 9.17) is 14.2 Å². The highest BCUT2D eigenvalue weighted by molar-refractivity contribution is 6.12. The third-order valence-corrected chi connectivity index (χ3v) is 5.20. The number of anilines is 2. The quantitative estimate of drug-likeness (QED) is 0.716. The Morgan fingerprint density at radius 3 is 2.76 bits per heavy atom. The van der Waals surface area contributed by atoms with Gasteiger partial charge in [0.2, 0.25) is 12.5 Å². The van der Waals surface area contributed by atoms with Crippen molar-refractivity contribution in [3.8, 4) is 17.2 Å². The highest BCUT2D eigenvalue weighted by Gasteiger charge is 2.35. The van der Waals surface area contributed by atoms with Crippen molar-refractivity contribution in [2.75, 3.05) is 24.1 Å². The molecule has 0 spiro atoms. The molecule has 1 atom stereocenters. The molecule has 1 amide bonds. The maximum atomic E-state index is 13.5. The number of hydrogen-bond acceptors (Lipinski definition) is 5. The summed E-state index contributed by atoms with van der Waals surface area (Å²) in [5, 5.41) is 3.51. The predicted octanol–water partition coefficient (Wildman–Crippen LogP) is 4.50. The summed E-state index contributed by atoms with van der Waals surface area (Å²) < 4.78 is 16.6. The molecule has 2 aliphatic heterocycles. The number of carbonyl (C=O) groups is 1. The number of para-hydroxylation sites is 1. The molecule has 0 bridgehead atoms. The summed E-state index contributed by atoms with van der Waals surface area (Å²) >= 11 is 0. The van der Waals surface area contributed by atoms with Crippen LogP contribution in [0.4, 0.5) is 11.4 Å². The zero-order valence-electron chi connectivity index (χ0n) is 16.1. The number of hydrogen-bond donors (Lipinski definition) is 1. The first-order valence-corrected chi connectivity index (χ1v) is 9.39. The Hall–Kier alpha value is -3.67. The van der Waals surface area contributed by atoms with E-state index >= 15 is 0 Å². The lowest BCUT2D eigenvalue weighted by Crippen LogP contribution is -2.43. The zero-order chi connectivity index (χ0) is 20.0. The van der Waals surface area contributed by atoms with E-state index in [2.05, 4.69) is 5.32 Å². The van der Waals surface area contributed by atoms with E-state index in [9.17, 15) is 4.79 Å². The number of rotatable bonds is 3. The second-order valence-electron chi connectivity index (χ2n) is 7.06. The Labute approximate surface area is 168 Å². The van der Waals surface area contributed by atoms with Crippen LogP contribution in [0, 0.1) is 6.92 Å². The summed E-state index contributed by atoms with van der Waals surface area (Å²) in [6, 6.07) is 19.2. The molecule has 3 aromatic carbocycles. The van der Waals surface area contributed by atoms with Crippen LogP contribution in [0.2, 0.25) is 0 Å². The van der Waals surface area contributed by atoms with E-state index in [-0.39, 0.29) is 12.7 Å². The molecular formula is C23H20N2O4. The molecule has 0 radical (unpaired) electrons. The summed E-state index contributed by atoms with van der Waals surface area (Å²) in [6.07, 6.45) is -0.428. The Morgan fingerprint density at radius 2 is 1.93 bits per heavy atom. The SMILES string of the molecule is COc1cc([C@H]2Nc3ccccc3C(=O)N2c2cccc(C)c2)cc2c1OCO2. The van der Waals surface area contributed by atoms with Gasteiger partial charge in [-0.1, -0.05) is 24.3 Å². The molecule has 29 heavy (non-hydrogen) atoms. The third kappa shape index (κ3) is 2.84. The van der Waals surface area contributed by atoms with Crippen LogP contribution in [0.15, 0.2) is 60.7 Å². The van der Waals surface area contributed by atoms with Gasteiger partial charge in [0.05, 0.1) is 12.7 Å². The van der Waals surface area contributed by atoms with Crippen LogP contribution >= 0.6 is 0 Å². The minimum Gasteiger partial charge on any atom is -0.493 e. The standard InChI is InChI=1S/C23H20N2O4/c1-14-6-5-7-16(10-14)25-22(24-18-9-4-3-8-17(18)23(25)26)15-11-19(27-2)21-20(12-15)28-13-29-21/h3-12,22,24H,13H2,1-2H3/t22-/m0/s1. The lowest BCUT2D eigenvalue weighted by Gasteiger charge is -2.38. The van der Waals surface area contributed by atoms with Crippen LogP contribution in [0.5, 0.6) is 17.2 Å². The van der Waals surface area contributed by atoms with Gasteiger partial charge < -0.3 is 19.5 Å². The highest BCUT2D eigenvalue weighted by Crippen LogP contribution is 2.45. The molecule has 0 aromatic heterocycles. The van der Waals surface area contributed by atoms with Crippen molar-refractivity contribution in [2.24, 2.45) is 0 Å². The topological polar surface area (TPSA) is 60.0 Å². The molecule has 0 unspecified atom stereocenters. The van der Waals surface area contributed by atoms with Crippen molar-refractivity contribution in [3.63, 3.8) is 0 Å². The first-order chi connectivity index (χ1) is 14.2. The van der Waals surface area contributed by atoms with Gasteiger partial charge in [0, 0.05) is 16.9 Å². The van der Waals surface area contributed by atoms with Crippen molar-refractivity contribution < 1.29 is 19.0 Å². The monoisotopic (exact) mass is 388 g/mol. The number of fused-ring (bicyclic) bond motifs is 2. The molecule has 6 nitrogen and oxygen atoms in total. The zero-order valence-corrected chi connectivity index (χ0v) is 16.1. The van der Waals surface area contributed by atoms with Gasteiger partial charge in [0.1, 0.15) is 6.17 Å². The van der Waals surface area contributed by atoms with E-state index in [1.807, 2.05) is 67.6 Å². The smallest absolute Gasteiger partial charge is 0.262 e. The molecule has 0 saturated carbocycles. The minimum absolute atomic E-state index is 0.0633. The number of amides is 1. The van der Waals surface area contributed by atoms with E-state index in [1.165, 1.54) is 0 Å². The maximum Gasteiger partial charge on any atom is 0.262 e. The molecule has 6 heteroatoms. The van der Waals surface area contributed by atoms with Gasteiger partial charge in [-0.25, -0.2) is 0 Å². The number of carbonyl (C=O) groups excluding carboxylic acids is 1. The Morgan fingerprint density at radius 1 is 1.07 bits per heavy atom. The van der Waals surface area contributed by atoms with Crippen LogP contribution in [0.1, 0.15) is 27.7 Å². The first-order valence-electron chi connectivity index (χ1n) is 9.39.